The number of nitrogens with zero attached hydrogens (tertiary/aromatic N) is 4. The molecule has 2 aliphatic heterocycles. The number of carbonyl (C=O) groups excluding carboxylic acids is 1. The number of aliphatic imine (C=N–C) groups is 1. The molecule has 0 aliphatic carbocycles. The Bertz CT molecular complexity index is 629. The Morgan fingerprint density at radius 2 is 1.67 bits per heavy atom. The zero-order valence-corrected chi connectivity index (χ0v) is 17.7. The lowest BCUT2D eigenvalue weighted by molar-refractivity contribution is -0.131. The van der Waals surface area contributed by atoms with Gasteiger partial charge in [0.2, 0.25) is 5.91 Å². The number of nitrogens with two attached hydrogens (primary N) is 1. The van der Waals surface area contributed by atoms with Gasteiger partial charge in [-0.15, -0.1) is 24.0 Å². The molecule has 2 saturated heterocycles. The molecule has 1 amide bonds. The minimum absolute atomic E-state index is 0. The lowest BCUT2D eigenvalue weighted by Crippen LogP contribution is -2.49. The van der Waals surface area contributed by atoms with Crippen LogP contribution >= 0.6 is 24.0 Å². The lowest BCUT2D eigenvalue weighted by Gasteiger charge is -2.36. The number of halogens is 2. The third kappa shape index (κ3) is 6.20. The largest absolute Gasteiger partial charge is 0.378 e. The van der Waals surface area contributed by atoms with Crippen molar-refractivity contribution in [1.82, 2.24) is 9.80 Å². The van der Waals surface area contributed by atoms with E-state index in [1.807, 2.05) is 9.80 Å². The zero-order valence-electron chi connectivity index (χ0n) is 15.3. The molecule has 1 aromatic carbocycles. The number of amides is 1. The van der Waals surface area contributed by atoms with Gasteiger partial charge in [0.1, 0.15) is 5.82 Å². The first-order valence-corrected chi connectivity index (χ1v) is 9.04. The minimum Gasteiger partial charge on any atom is -0.378 e. The number of piperazine rings is 1. The predicted molar refractivity (Wildman–Crippen MR) is 114 cm³/mol. The summed E-state index contributed by atoms with van der Waals surface area (Å²) in [4.78, 5) is 22.7. The summed E-state index contributed by atoms with van der Waals surface area (Å²) in [6, 6.07) is 6.47. The van der Waals surface area contributed by atoms with Crippen molar-refractivity contribution in [3.8, 4) is 0 Å². The number of carbonyl (C=O) groups is 1. The van der Waals surface area contributed by atoms with Crippen LogP contribution in [0.2, 0.25) is 0 Å². The van der Waals surface area contributed by atoms with E-state index < -0.39 is 0 Å². The van der Waals surface area contributed by atoms with Crippen LogP contribution in [0.25, 0.3) is 0 Å². The van der Waals surface area contributed by atoms with Crippen molar-refractivity contribution in [2.45, 2.75) is 6.42 Å². The molecule has 2 heterocycles. The molecule has 0 radical (unpaired) electrons. The molecule has 27 heavy (non-hydrogen) atoms. The topological polar surface area (TPSA) is 74.4 Å². The third-order valence-corrected chi connectivity index (χ3v) is 4.76. The van der Waals surface area contributed by atoms with Crippen molar-refractivity contribution in [1.29, 1.82) is 0 Å². The number of hydrogen-bond acceptors (Lipinski definition) is 4. The van der Waals surface area contributed by atoms with Crippen molar-refractivity contribution in [3.05, 3.63) is 30.1 Å². The Balaban J connectivity index is 0.00000261. The molecule has 0 aromatic heterocycles. The monoisotopic (exact) mass is 491 g/mol. The lowest BCUT2D eigenvalue weighted by atomic mass is 10.2. The van der Waals surface area contributed by atoms with Gasteiger partial charge in [0.25, 0.3) is 0 Å². The smallest absolute Gasteiger partial charge is 0.224 e. The second-order valence-electron chi connectivity index (χ2n) is 6.43. The number of ether oxygens (including phenoxy) is 1. The Kier molecular flexibility index (Phi) is 8.55. The average molecular weight is 491 g/mol. The number of benzene rings is 1. The highest BCUT2D eigenvalue weighted by Gasteiger charge is 2.21. The van der Waals surface area contributed by atoms with Crippen molar-refractivity contribution >= 4 is 41.5 Å². The van der Waals surface area contributed by atoms with Gasteiger partial charge in [-0.05, 0) is 24.3 Å². The van der Waals surface area contributed by atoms with Gasteiger partial charge in [0.05, 0.1) is 19.8 Å². The molecule has 150 valence electrons. The van der Waals surface area contributed by atoms with Crippen molar-refractivity contribution in [3.63, 3.8) is 0 Å². The molecule has 0 spiro atoms. The van der Waals surface area contributed by atoms with Crippen LogP contribution in [-0.2, 0) is 9.53 Å². The predicted octanol–water partition coefficient (Wildman–Crippen LogP) is 1.13. The Hall–Kier alpha value is -1.62. The van der Waals surface area contributed by atoms with Crippen LogP contribution in [0.15, 0.2) is 29.3 Å². The Labute approximate surface area is 176 Å². The van der Waals surface area contributed by atoms with Crippen LogP contribution in [0.1, 0.15) is 6.42 Å². The fourth-order valence-corrected chi connectivity index (χ4v) is 3.18. The average Bonchev–Trinajstić information content (AvgIpc) is 2.69. The van der Waals surface area contributed by atoms with Crippen molar-refractivity contribution in [2.75, 3.05) is 63.9 Å². The normalized spacial score (nSPS) is 18.3. The number of anilines is 1. The van der Waals surface area contributed by atoms with Gasteiger partial charge in [0.15, 0.2) is 5.96 Å². The van der Waals surface area contributed by atoms with Gasteiger partial charge in [-0.2, -0.15) is 0 Å². The van der Waals surface area contributed by atoms with Crippen LogP contribution in [0, 0.1) is 5.82 Å². The second kappa shape index (κ2) is 10.6. The Morgan fingerprint density at radius 1 is 1.04 bits per heavy atom. The zero-order chi connectivity index (χ0) is 18.4. The van der Waals surface area contributed by atoms with Crippen LogP contribution < -0.4 is 10.6 Å². The molecule has 7 nitrogen and oxygen atoms in total. The summed E-state index contributed by atoms with van der Waals surface area (Å²) in [5, 5.41) is 0. The van der Waals surface area contributed by atoms with Crippen LogP contribution in [-0.4, -0.2) is 80.7 Å². The van der Waals surface area contributed by atoms with E-state index in [9.17, 15) is 9.18 Å². The fourth-order valence-electron chi connectivity index (χ4n) is 3.18. The van der Waals surface area contributed by atoms with Gasteiger partial charge in [-0.25, -0.2) is 4.39 Å². The number of guanidine groups is 1. The maximum Gasteiger partial charge on any atom is 0.224 e. The molecule has 2 N–H and O–H groups in total. The second-order valence-corrected chi connectivity index (χ2v) is 6.43. The summed E-state index contributed by atoms with van der Waals surface area (Å²) in [7, 11) is 0. The molecule has 3 rings (SSSR count). The third-order valence-electron chi connectivity index (χ3n) is 4.76. The van der Waals surface area contributed by atoms with E-state index in [1.165, 1.54) is 12.1 Å². The summed E-state index contributed by atoms with van der Waals surface area (Å²) in [6.07, 6.45) is 0.363. The van der Waals surface area contributed by atoms with Crippen molar-refractivity contribution < 1.29 is 13.9 Å². The first-order valence-electron chi connectivity index (χ1n) is 9.04. The van der Waals surface area contributed by atoms with E-state index >= 15 is 0 Å². The molecule has 9 heteroatoms. The van der Waals surface area contributed by atoms with E-state index in [1.54, 1.807) is 12.1 Å². The van der Waals surface area contributed by atoms with E-state index in [0.29, 0.717) is 45.2 Å². The maximum absolute atomic E-state index is 13.0. The van der Waals surface area contributed by atoms with Gasteiger partial charge in [-0.3, -0.25) is 9.79 Å². The molecule has 0 unspecified atom stereocenters. The molecule has 0 atom stereocenters. The standard InChI is InChI=1S/C18H26FN5O2.HI/c19-15-1-3-16(4-2-15)22-7-9-23(10-8-22)17(25)5-6-21-18(20)24-11-13-26-14-12-24;/h1-4H,5-14H2,(H2,20,21);1H. The number of rotatable bonds is 4. The molecule has 1 aromatic rings. The number of hydrogen-bond donors (Lipinski definition) is 1. The first kappa shape index (κ1) is 21.7. The molecule has 2 fully saturated rings. The molecular weight excluding hydrogens is 464 g/mol. The van der Waals surface area contributed by atoms with Crippen molar-refractivity contribution in [2.24, 2.45) is 10.7 Å². The van der Waals surface area contributed by atoms with Gasteiger partial charge < -0.3 is 25.2 Å². The van der Waals surface area contributed by atoms with E-state index in [-0.39, 0.29) is 35.7 Å². The Morgan fingerprint density at radius 3 is 2.30 bits per heavy atom. The maximum atomic E-state index is 13.0. The summed E-state index contributed by atoms with van der Waals surface area (Å²) >= 11 is 0. The summed E-state index contributed by atoms with van der Waals surface area (Å²) < 4.78 is 18.3. The first-order chi connectivity index (χ1) is 12.6. The quantitative estimate of drug-likeness (QED) is 0.389. The summed E-state index contributed by atoms with van der Waals surface area (Å²) in [5.74, 6) is 0.351. The van der Waals surface area contributed by atoms with Crippen LogP contribution in [0.5, 0.6) is 0 Å². The van der Waals surface area contributed by atoms with E-state index in [2.05, 4.69) is 9.89 Å². The van der Waals surface area contributed by atoms with Gasteiger partial charge in [-0.1, -0.05) is 0 Å². The fraction of sp³-hybridized carbons (Fsp3) is 0.556. The highest BCUT2D eigenvalue weighted by molar-refractivity contribution is 14.0. The van der Waals surface area contributed by atoms with Crippen LogP contribution in [0.3, 0.4) is 0 Å². The van der Waals surface area contributed by atoms with E-state index in [0.717, 1.165) is 31.9 Å². The van der Waals surface area contributed by atoms with Crippen LogP contribution in [0.4, 0.5) is 10.1 Å². The SMILES string of the molecule is I.NC(=NCCC(=O)N1CCN(c2ccc(F)cc2)CC1)N1CCOCC1. The van der Waals surface area contributed by atoms with Gasteiger partial charge >= 0.3 is 0 Å². The summed E-state index contributed by atoms with van der Waals surface area (Å²) in [5.41, 5.74) is 6.96. The van der Waals surface area contributed by atoms with Gasteiger partial charge in [0, 0.05) is 51.4 Å². The highest BCUT2D eigenvalue weighted by atomic mass is 127. The molecular formula is C18H27FIN5O2. The minimum atomic E-state index is -0.237. The summed E-state index contributed by atoms with van der Waals surface area (Å²) in [6.45, 7) is 6.04. The van der Waals surface area contributed by atoms with E-state index in [4.69, 9.17) is 10.5 Å². The highest BCUT2D eigenvalue weighted by Crippen LogP contribution is 2.17. The molecule has 0 bridgehead atoms. The molecule has 0 saturated carbocycles. The molecule has 2 aliphatic rings. The number of morpholine rings is 1.